The molecule has 1 aromatic carbocycles. The minimum absolute atomic E-state index is 0.0527. The van der Waals surface area contributed by atoms with Crippen LogP contribution in [0.5, 0.6) is 0 Å². The number of hydrogen-bond acceptors (Lipinski definition) is 2. The standard InChI is InChI=1S/C14H21FN4O/c1-18(2)14(19(3)4)17-10-9-16-13(20)11-7-5-6-8-12(11)15/h5-8H,9-10H2,1-4H3,(H,16,20). The molecule has 0 saturated carbocycles. The van der Waals surface area contributed by atoms with Gasteiger partial charge in [-0.3, -0.25) is 9.79 Å². The number of hydrogen-bond donors (Lipinski definition) is 1. The second-order valence-corrected chi connectivity index (χ2v) is 4.71. The van der Waals surface area contributed by atoms with E-state index < -0.39 is 11.7 Å². The van der Waals surface area contributed by atoms with Crippen LogP contribution >= 0.6 is 0 Å². The van der Waals surface area contributed by atoms with E-state index in [1.54, 1.807) is 12.1 Å². The number of nitrogens with zero attached hydrogens (tertiary/aromatic N) is 3. The highest BCUT2D eigenvalue weighted by molar-refractivity contribution is 5.94. The van der Waals surface area contributed by atoms with Crippen LogP contribution in [0.3, 0.4) is 0 Å². The van der Waals surface area contributed by atoms with E-state index in [2.05, 4.69) is 10.3 Å². The second-order valence-electron chi connectivity index (χ2n) is 4.71. The van der Waals surface area contributed by atoms with Crippen LogP contribution in [0.4, 0.5) is 4.39 Å². The number of guanidine groups is 1. The summed E-state index contributed by atoms with van der Waals surface area (Å²) in [6.07, 6.45) is 0. The molecule has 6 heteroatoms. The van der Waals surface area contributed by atoms with Gasteiger partial charge in [-0.25, -0.2) is 4.39 Å². The number of rotatable bonds is 4. The van der Waals surface area contributed by atoms with E-state index in [-0.39, 0.29) is 5.56 Å². The first-order chi connectivity index (χ1) is 9.43. The van der Waals surface area contributed by atoms with Crippen LogP contribution in [0.1, 0.15) is 10.4 Å². The van der Waals surface area contributed by atoms with Crippen molar-refractivity contribution in [1.82, 2.24) is 15.1 Å². The maximum Gasteiger partial charge on any atom is 0.254 e. The van der Waals surface area contributed by atoms with Crippen LogP contribution in [-0.4, -0.2) is 62.9 Å². The van der Waals surface area contributed by atoms with Crippen molar-refractivity contribution in [3.63, 3.8) is 0 Å². The number of aliphatic imine (C=N–C) groups is 1. The molecule has 0 unspecified atom stereocenters. The van der Waals surface area contributed by atoms with Gasteiger partial charge >= 0.3 is 0 Å². The molecule has 0 atom stereocenters. The summed E-state index contributed by atoms with van der Waals surface area (Å²) in [5.74, 6) is -0.129. The summed E-state index contributed by atoms with van der Waals surface area (Å²) >= 11 is 0. The van der Waals surface area contributed by atoms with Crippen LogP contribution in [-0.2, 0) is 0 Å². The summed E-state index contributed by atoms with van der Waals surface area (Å²) < 4.78 is 13.4. The molecule has 1 amide bonds. The summed E-state index contributed by atoms with van der Waals surface area (Å²) in [5.41, 5.74) is 0.0527. The van der Waals surface area contributed by atoms with E-state index in [0.29, 0.717) is 13.1 Å². The average molecular weight is 280 g/mol. The molecule has 1 rings (SSSR count). The molecule has 0 radical (unpaired) electrons. The van der Waals surface area contributed by atoms with Gasteiger partial charge in [-0.1, -0.05) is 12.1 Å². The molecule has 20 heavy (non-hydrogen) atoms. The lowest BCUT2D eigenvalue weighted by atomic mass is 10.2. The van der Waals surface area contributed by atoms with E-state index in [1.807, 2.05) is 38.0 Å². The Bertz CT molecular complexity index is 476. The molecule has 1 aromatic rings. The third-order valence-electron chi connectivity index (χ3n) is 2.57. The molecule has 0 bridgehead atoms. The molecular formula is C14H21FN4O. The molecule has 0 spiro atoms. The van der Waals surface area contributed by atoms with Gasteiger partial charge in [-0.15, -0.1) is 0 Å². The number of carbonyl (C=O) groups is 1. The Morgan fingerprint density at radius 1 is 1.20 bits per heavy atom. The lowest BCUT2D eigenvalue weighted by Gasteiger charge is -2.22. The first-order valence-corrected chi connectivity index (χ1v) is 6.35. The molecule has 0 aliphatic carbocycles. The maximum absolute atomic E-state index is 13.4. The van der Waals surface area contributed by atoms with Crippen molar-refractivity contribution < 1.29 is 9.18 Å². The van der Waals surface area contributed by atoms with Gasteiger partial charge in [0.25, 0.3) is 5.91 Å². The van der Waals surface area contributed by atoms with E-state index in [1.165, 1.54) is 12.1 Å². The summed E-state index contributed by atoms with van der Waals surface area (Å²) in [6.45, 7) is 0.796. The quantitative estimate of drug-likeness (QED) is 0.509. The lowest BCUT2D eigenvalue weighted by molar-refractivity contribution is 0.0951. The van der Waals surface area contributed by atoms with Crippen molar-refractivity contribution >= 4 is 11.9 Å². The predicted molar refractivity (Wildman–Crippen MR) is 78.4 cm³/mol. The molecule has 0 aromatic heterocycles. The Labute approximate surface area is 119 Å². The molecule has 1 N–H and O–H groups in total. The Balaban J connectivity index is 2.51. The van der Waals surface area contributed by atoms with E-state index >= 15 is 0 Å². The minimum atomic E-state index is -0.518. The van der Waals surface area contributed by atoms with Crippen molar-refractivity contribution in [2.75, 3.05) is 41.3 Å². The molecule has 0 aliphatic heterocycles. The topological polar surface area (TPSA) is 47.9 Å². The molecular weight excluding hydrogens is 259 g/mol. The minimum Gasteiger partial charge on any atom is -0.350 e. The van der Waals surface area contributed by atoms with Crippen molar-refractivity contribution in [2.45, 2.75) is 0 Å². The molecule has 5 nitrogen and oxygen atoms in total. The van der Waals surface area contributed by atoms with Crippen LogP contribution in [0.2, 0.25) is 0 Å². The summed E-state index contributed by atoms with van der Waals surface area (Å²) in [7, 11) is 7.60. The van der Waals surface area contributed by atoms with Crippen LogP contribution in [0, 0.1) is 5.82 Å². The molecule has 0 heterocycles. The van der Waals surface area contributed by atoms with Gasteiger partial charge in [0.15, 0.2) is 5.96 Å². The SMILES string of the molecule is CN(C)C(=NCCNC(=O)c1ccccc1F)N(C)C. The average Bonchev–Trinajstić information content (AvgIpc) is 2.37. The zero-order valence-electron chi connectivity index (χ0n) is 12.4. The fraction of sp³-hybridized carbons (Fsp3) is 0.429. The number of amides is 1. The Hall–Kier alpha value is -2.11. The van der Waals surface area contributed by atoms with Gasteiger partial charge in [-0.2, -0.15) is 0 Å². The molecule has 0 fully saturated rings. The Morgan fingerprint density at radius 2 is 1.80 bits per heavy atom. The zero-order valence-corrected chi connectivity index (χ0v) is 12.4. The fourth-order valence-corrected chi connectivity index (χ4v) is 1.75. The number of halogens is 1. The summed E-state index contributed by atoms with van der Waals surface area (Å²) in [4.78, 5) is 19.9. The lowest BCUT2D eigenvalue weighted by Crippen LogP contribution is -2.36. The van der Waals surface area contributed by atoms with Gasteiger partial charge in [0.05, 0.1) is 12.1 Å². The zero-order chi connectivity index (χ0) is 15.1. The van der Waals surface area contributed by atoms with Gasteiger partial charge in [-0.05, 0) is 12.1 Å². The maximum atomic E-state index is 13.4. The second kappa shape index (κ2) is 7.47. The third-order valence-corrected chi connectivity index (χ3v) is 2.57. The number of nitrogens with one attached hydrogen (secondary N) is 1. The Morgan fingerprint density at radius 3 is 2.35 bits per heavy atom. The molecule has 110 valence electrons. The van der Waals surface area contributed by atoms with Crippen molar-refractivity contribution in [1.29, 1.82) is 0 Å². The van der Waals surface area contributed by atoms with Gasteiger partial charge < -0.3 is 15.1 Å². The predicted octanol–water partition coefficient (Wildman–Crippen LogP) is 1.03. The van der Waals surface area contributed by atoms with E-state index in [9.17, 15) is 9.18 Å². The van der Waals surface area contributed by atoms with Crippen LogP contribution < -0.4 is 5.32 Å². The Kier molecular flexibility index (Phi) is 5.96. The highest BCUT2D eigenvalue weighted by Crippen LogP contribution is 2.05. The monoisotopic (exact) mass is 280 g/mol. The first-order valence-electron chi connectivity index (χ1n) is 6.35. The van der Waals surface area contributed by atoms with E-state index in [4.69, 9.17) is 0 Å². The van der Waals surface area contributed by atoms with Gasteiger partial charge in [0, 0.05) is 34.7 Å². The smallest absolute Gasteiger partial charge is 0.254 e. The van der Waals surface area contributed by atoms with Crippen molar-refractivity contribution in [2.24, 2.45) is 4.99 Å². The van der Waals surface area contributed by atoms with Crippen LogP contribution in [0.25, 0.3) is 0 Å². The number of benzene rings is 1. The van der Waals surface area contributed by atoms with Crippen molar-refractivity contribution in [3.8, 4) is 0 Å². The summed E-state index contributed by atoms with van der Waals surface area (Å²) in [5, 5.41) is 2.65. The molecule has 0 aliphatic rings. The van der Waals surface area contributed by atoms with Gasteiger partial charge in [0.2, 0.25) is 0 Å². The normalized spacial score (nSPS) is 9.85. The van der Waals surface area contributed by atoms with E-state index in [0.717, 1.165) is 5.96 Å². The first kappa shape index (κ1) is 15.9. The van der Waals surface area contributed by atoms with Crippen LogP contribution in [0.15, 0.2) is 29.3 Å². The molecule has 0 saturated heterocycles. The fourth-order valence-electron chi connectivity index (χ4n) is 1.75. The number of carbonyl (C=O) groups excluding carboxylic acids is 1. The summed E-state index contributed by atoms with van der Waals surface area (Å²) in [6, 6.07) is 5.91. The third kappa shape index (κ3) is 4.53. The van der Waals surface area contributed by atoms with Crippen molar-refractivity contribution in [3.05, 3.63) is 35.6 Å². The van der Waals surface area contributed by atoms with Gasteiger partial charge in [0.1, 0.15) is 5.82 Å². The largest absolute Gasteiger partial charge is 0.350 e. The highest BCUT2D eigenvalue weighted by Gasteiger charge is 2.09. The highest BCUT2D eigenvalue weighted by atomic mass is 19.1.